The van der Waals surface area contributed by atoms with Crippen LogP contribution in [0.3, 0.4) is 0 Å². The topological polar surface area (TPSA) is 72.6 Å². The van der Waals surface area contributed by atoms with Crippen molar-refractivity contribution in [2.45, 2.75) is 57.8 Å². The highest BCUT2D eigenvalue weighted by atomic mass is 16.6. The normalized spacial score (nSPS) is 18.3. The lowest BCUT2D eigenvalue weighted by Crippen LogP contribution is -2.53. The van der Waals surface area contributed by atoms with Crippen molar-refractivity contribution in [2.75, 3.05) is 26.2 Å². The van der Waals surface area contributed by atoms with Gasteiger partial charge < -0.3 is 14.3 Å². The third-order valence-electron chi connectivity index (χ3n) is 5.26. The minimum atomic E-state index is -0.692. The van der Waals surface area contributed by atoms with E-state index in [1.54, 1.807) is 12.1 Å². The SMILES string of the molecule is C#CC(C)(C)OCC(O)C[N+]1(Cc2ccc([N+](=O)[O-])cc2)CCCCCC1. The Morgan fingerprint density at radius 1 is 1.26 bits per heavy atom. The number of benzene rings is 1. The number of non-ortho nitro benzene ring substituents is 1. The summed E-state index contributed by atoms with van der Waals surface area (Å²) < 4.78 is 6.46. The minimum Gasteiger partial charge on any atom is -0.385 e. The zero-order valence-corrected chi connectivity index (χ0v) is 16.4. The van der Waals surface area contributed by atoms with Gasteiger partial charge in [-0.2, -0.15) is 0 Å². The van der Waals surface area contributed by atoms with Gasteiger partial charge in [0.25, 0.3) is 5.69 Å². The second-order valence-electron chi connectivity index (χ2n) is 8.09. The highest BCUT2D eigenvalue weighted by Gasteiger charge is 2.32. The smallest absolute Gasteiger partial charge is 0.269 e. The Balaban J connectivity index is 2.09. The zero-order valence-electron chi connectivity index (χ0n) is 16.4. The Labute approximate surface area is 161 Å². The molecule has 148 valence electrons. The molecule has 0 spiro atoms. The van der Waals surface area contributed by atoms with Gasteiger partial charge in [0.2, 0.25) is 0 Å². The molecule has 0 amide bonds. The molecule has 0 radical (unpaired) electrons. The van der Waals surface area contributed by atoms with E-state index in [-0.39, 0.29) is 17.2 Å². The van der Waals surface area contributed by atoms with Crippen molar-refractivity contribution in [1.29, 1.82) is 0 Å². The molecule has 1 saturated heterocycles. The van der Waals surface area contributed by atoms with E-state index in [9.17, 15) is 15.2 Å². The van der Waals surface area contributed by atoms with Crippen LogP contribution in [0.15, 0.2) is 24.3 Å². The van der Waals surface area contributed by atoms with Crippen LogP contribution >= 0.6 is 0 Å². The summed E-state index contributed by atoms with van der Waals surface area (Å²) in [5.41, 5.74) is 0.467. The fourth-order valence-corrected chi connectivity index (χ4v) is 3.72. The second kappa shape index (κ2) is 9.32. The van der Waals surface area contributed by atoms with Crippen molar-refractivity contribution in [3.63, 3.8) is 0 Å². The van der Waals surface area contributed by atoms with Gasteiger partial charge in [0.1, 0.15) is 24.8 Å². The summed E-state index contributed by atoms with van der Waals surface area (Å²) in [5.74, 6) is 2.58. The summed E-state index contributed by atoms with van der Waals surface area (Å²) in [4.78, 5) is 10.5. The molecule has 0 saturated carbocycles. The van der Waals surface area contributed by atoms with Crippen molar-refractivity contribution >= 4 is 5.69 Å². The molecule has 1 heterocycles. The number of aliphatic hydroxyl groups is 1. The fraction of sp³-hybridized carbons (Fsp3) is 0.619. The lowest BCUT2D eigenvalue weighted by molar-refractivity contribution is -0.943. The van der Waals surface area contributed by atoms with Crippen LogP contribution in [0.5, 0.6) is 0 Å². The van der Waals surface area contributed by atoms with Crippen molar-refractivity contribution in [3.05, 3.63) is 39.9 Å². The van der Waals surface area contributed by atoms with Gasteiger partial charge in [-0.25, -0.2) is 0 Å². The summed E-state index contributed by atoms with van der Waals surface area (Å²) >= 11 is 0. The van der Waals surface area contributed by atoms with Gasteiger partial charge in [-0.05, 0) is 51.7 Å². The summed E-state index contributed by atoms with van der Waals surface area (Å²) in [5, 5.41) is 21.5. The second-order valence-corrected chi connectivity index (χ2v) is 8.09. The molecular weight excluding hydrogens is 344 g/mol. The molecule has 0 bridgehead atoms. The van der Waals surface area contributed by atoms with Crippen LogP contribution in [0.25, 0.3) is 0 Å². The van der Waals surface area contributed by atoms with E-state index in [0.29, 0.717) is 6.54 Å². The van der Waals surface area contributed by atoms with E-state index < -0.39 is 11.7 Å². The van der Waals surface area contributed by atoms with Gasteiger partial charge in [-0.3, -0.25) is 10.1 Å². The van der Waals surface area contributed by atoms with Crippen LogP contribution < -0.4 is 0 Å². The van der Waals surface area contributed by atoms with E-state index >= 15 is 0 Å². The third kappa shape index (κ3) is 6.62. The quantitative estimate of drug-likeness (QED) is 0.328. The van der Waals surface area contributed by atoms with Crippen molar-refractivity contribution in [2.24, 2.45) is 0 Å². The van der Waals surface area contributed by atoms with Crippen molar-refractivity contribution < 1.29 is 19.2 Å². The monoisotopic (exact) mass is 375 g/mol. The number of rotatable bonds is 8. The molecule has 1 atom stereocenters. The molecule has 6 nitrogen and oxygen atoms in total. The maximum absolute atomic E-state index is 10.9. The first-order valence-corrected chi connectivity index (χ1v) is 9.63. The van der Waals surface area contributed by atoms with Crippen molar-refractivity contribution in [1.82, 2.24) is 0 Å². The molecule has 0 aromatic heterocycles. The molecule has 1 aromatic rings. The number of hydrogen-bond donors (Lipinski definition) is 1. The Morgan fingerprint density at radius 3 is 2.37 bits per heavy atom. The number of nitrogens with zero attached hydrogens (tertiary/aromatic N) is 2. The molecule has 1 fully saturated rings. The number of aliphatic hydroxyl groups excluding tert-OH is 1. The number of likely N-dealkylation sites (tertiary alicyclic amines) is 1. The van der Waals surface area contributed by atoms with Gasteiger partial charge in [0, 0.05) is 17.7 Å². The molecule has 1 N–H and O–H groups in total. The van der Waals surface area contributed by atoms with Gasteiger partial charge >= 0.3 is 0 Å². The van der Waals surface area contributed by atoms with Gasteiger partial charge in [-0.1, -0.05) is 5.92 Å². The standard InChI is InChI=1S/C21H31N2O4/c1-4-21(2,3)27-17-20(24)16-23(13-7-5-6-8-14-23)15-18-9-11-19(12-10-18)22(25)26/h1,9-12,20,24H,5-8,13-17H2,2-3H3/q+1. The maximum atomic E-state index is 10.9. The fourth-order valence-electron chi connectivity index (χ4n) is 3.72. The Morgan fingerprint density at radius 2 is 1.85 bits per heavy atom. The van der Waals surface area contributed by atoms with Crippen LogP contribution in [0, 0.1) is 22.5 Å². The molecule has 1 aromatic carbocycles. The van der Waals surface area contributed by atoms with Gasteiger partial charge in [0.05, 0.1) is 24.6 Å². The number of ether oxygens (including phenoxy) is 1. The highest BCUT2D eigenvalue weighted by molar-refractivity contribution is 5.32. The number of hydrogen-bond acceptors (Lipinski definition) is 4. The molecule has 1 aliphatic rings. The zero-order chi connectivity index (χ0) is 19.9. The molecular formula is C21H31N2O4+. The Kier molecular flexibility index (Phi) is 7.37. The molecule has 2 rings (SSSR count). The maximum Gasteiger partial charge on any atom is 0.269 e. The lowest BCUT2D eigenvalue weighted by Gasteiger charge is -2.39. The Bertz CT molecular complexity index is 656. The van der Waals surface area contributed by atoms with Crippen LogP contribution in [-0.4, -0.2) is 52.5 Å². The largest absolute Gasteiger partial charge is 0.385 e. The third-order valence-corrected chi connectivity index (χ3v) is 5.26. The molecule has 27 heavy (non-hydrogen) atoms. The lowest BCUT2D eigenvalue weighted by atomic mass is 10.1. The average Bonchev–Trinajstić information content (AvgIpc) is 2.86. The van der Waals surface area contributed by atoms with Crippen molar-refractivity contribution in [3.8, 4) is 12.3 Å². The van der Waals surface area contributed by atoms with E-state index in [1.807, 2.05) is 26.0 Å². The van der Waals surface area contributed by atoms with Crippen LogP contribution in [-0.2, 0) is 11.3 Å². The van der Waals surface area contributed by atoms with Crippen LogP contribution in [0.1, 0.15) is 45.1 Å². The predicted octanol–water partition coefficient (Wildman–Crippen LogP) is 3.27. The molecule has 1 aliphatic heterocycles. The number of quaternary nitrogens is 1. The van der Waals surface area contributed by atoms with Gasteiger partial charge in [0.15, 0.2) is 0 Å². The number of terminal acetylenes is 1. The first-order chi connectivity index (χ1) is 12.8. The number of nitro benzene ring substituents is 1. The predicted molar refractivity (Wildman–Crippen MR) is 105 cm³/mol. The van der Waals surface area contributed by atoms with E-state index in [0.717, 1.165) is 42.5 Å². The van der Waals surface area contributed by atoms with E-state index in [1.165, 1.54) is 12.8 Å². The van der Waals surface area contributed by atoms with Crippen LogP contribution in [0.2, 0.25) is 0 Å². The molecule has 1 unspecified atom stereocenters. The van der Waals surface area contributed by atoms with E-state index in [4.69, 9.17) is 11.2 Å². The summed E-state index contributed by atoms with van der Waals surface area (Å²) in [6.45, 7) is 7.17. The summed E-state index contributed by atoms with van der Waals surface area (Å²) in [6.07, 6.45) is 9.50. The summed E-state index contributed by atoms with van der Waals surface area (Å²) in [6, 6.07) is 6.76. The van der Waals surface area contributed by atoms with Crippen LogP contribution in [0.4, 0.5) is 5.69 Å². The van der Waals surface area contributed by atoms with Gasteiger partial charge in [-0.15, -0.1) is 6.42 Å². The number of nitro groups is 1. The highest BCUT2D eigenvalue weighted by Crippen LogP contribution is 2.24. The first kappa shape index (κ1) is 21.4. The van der Waals surface area contributed by atoms with E-state index in [2.05, 4.69) is 5.92 Å². The summed E-state index contributed by atoms with van der Waals surface area (Å²) in [7, 11) is 0. The first-order valence-electron chi connectivity index (χ1n) is 9.63. The molecule has 6 heteroatoms. The molecule has 0 aliphatic carbocycles. The minimum absolute atomic E-state index is 0.103. The Hall–Kier alpha value is -1.94. The average molecular weight is 375 g/mol.